The maximum Gasteiger partial charge on any atom is 0.408 e. The zero-order valence-electron chi connectivity index (χ0n) is 26.2. The quantitative estimate of drug-likeness (QED) is 0.464. The van der Waals surface area contributed by atoms with E-state index in [0.29, 0.717) is 40.5 Å². The maximum atomic E-state index is 14.1. The van der Waals surface area contributed by atoms with Crippen LogP contribution in [0.1, 0.15) is 84.4 Å². The molecule has 2 fully saturated rings. The van der Waals surface area contributed by atoms with Crippen molar-refractivity contribution in [1.29, 1.82) is 5.26 Å². The summed E-state index contributed by atoms with van der Waals surface area (Å²) >= 11 is 0. The lowest BCUT2D eigenvalue weighted by Crippen LogP contribution is -2.57. The Balaban J connectivity index is 1.53. The summed E-state index contributed by atoms with van der Waals surface area (Å²) in [6, 6.07) is 5.08. The third kappa shape index (κ3) is 6.59. The fraction of sp³-hybridized carbons (Fsp3) is 0.636. The number of carbonyl (C=O) groups is 3. The summed E-state index contributed by atoms with van der Waals surface area (Å²) in [5, 5.41) is 22.5. The van der Waals surface area contributed by atoms with Crippen LogP contribution in [0.5, 0.6) is 5.88 Å². The molecule has 11 heteroatoms. The fourth-order valence-corrected chi connectivity index (χ4v) is 7.02. The molecule has 2 aliphatic heterocycles. The van der Waals surface area contributed by atoms with Crippen molar-refractivity contribution in [2.45, 2.75) is 104 Å². The van der Waals surface area contributed by atoms with E-state index in [1.165, 1.54) is 4.90 Å². The van der Waals surface area contributed by atoms with Gasteiger partial charge in [0.15, 0.2) is 0 Å². The summed E-state index contributed by atoms with van der Waals surface area (Å²) in [5.41, 5.74) is 1.55. The van der Waals surface area contributed by atoms with E-state index in [-0.39, 0.29) is 18.6 Å². The molecular weight excluding hydrogens is 562 g/mol. The van der Waals surface area contributed by atoms with Gasteiger partial charge in [0.2, 0.25) is 11.8 Å². The molecule has 3 aliphatic rings. The number of carbonyl (C=O) groups excluding carboxylic acids is 2. The molecule has 11 nitrogen and oxygen atoms in total. The van der Waals surface area contributed by atoms with Crippen LogP contribution in [0.3, 0.4) is 0 Å². The van der Waals surface area contributed by atoms with E-state index in [9.17, 15) is 24.8 Å². The van der Waals surface area contributed by atoms with Crippen molar-refractivity contribution >= 4 is 29.0 Å². The molecule has 7 atom stereocenters. The van der Waals surface area contributed by atoms with Crippen molar-refractivity contribution < 1.29 is 29.0 Å². The predicted octanol–water partition coefficient (Wildman–Crippen LogP) is 4.85. The summed E-state index contributed by atoms with van der Waals surface area (Å²) in [7, 11) is 0. The molecule has 0 radical (unpaired) electrons. The van der Waals surface area contributed by atoms with Gasteiger partial charge in [0.1, 0.15) is 30.0 Å². The Morgan fingerprint density at radius 1 is 1.07 bits per heavy atom. The summed E-state index contributed by atoms with van der Waals surface area (Å²) < 4.78 is 12.4. The van der Waals surface area contributed by atoms with E-state index in [0.717, 1.165) is 38.5 Å². The van der Waals surface area contributed by atoms with Gasteiger partial charge < -0.3 is 24.8 Å². The van der Waals surface area contributed by atoms with Crippen molar-refractivity contribution in [3.63, 3.8) is 0 Å². The number of fused-ring (bicyclic) bond motifs is 5. The number of rotatable bonds is 1. The van der Waals surface area contributed by atoms with Crippen molar-refractivity contribution in [2.75, 3.05) is 6.54 Å². The van der Waals surface area contributed by atoms with Gasteiger partial charge in [-0.15, -0.1) is 0 Å². The number of aromatic nitrogens is 2. The van der Waals surface area contributed by atoms with Gasteiger partial charge in [0, 0.05) is 5.92 Å². The number of hydrogen-bond acceptors (Lipinski definition) is 8. The number of carboxylic acids is 1. The average molecular weight is 606 g/mol. The van der Waals surface area contributed by atoms with Crippen LogP contribution >= 0.6 is 0 Å². The molecule has 236 valence electrons. The van der Waals surface area contributed by atoms with E-state index in [2.05, 4.69) is 18.3 Å². The Hall–Kier alpha value is -3.94. The van der Waals surface area contributed by atoms with E-state index in [4.69, 9.17) is 19.4 Å². The Morgan fingerprint density at radius 3 is 2.55 bits per heavy atom. The van der Waals surface area contributed by atoms with Crippen molar-refractivity contribution in [1.82, 2.24) is 20.2 Å². The highest BCUT2D eigenvalue weighted by Gasteiger charge is 2.50. The average Bonchev–Trinajstić information content (AvgIpc) is 3.47. The van der Waals surface area contributed by atoms with Crippen LogP contribution in [-0.4, -0.2) is 68.8 Å². The number of amides is 2. The van der Waals surface area contributed by atoms with Gasteiger partial charge in [-0.3, -0.25) is 4.79 Å². The molecule has 0 spiro atoms. The number of nitriles is 1. The van der Waals surface area contributed by atoms with E-state index < -0.39 is 47.5 Å². The monoisotopic (exact) mass is 605 g/mol. The SMILES string of the molecule is C[C@@H]1C[C@H]2CCCCCc3nc4ccc(C#N)cc4nc3O[C@H]3CN(C(=O)[C@H](C(C)(C)C)NC(=O)O[C@@H]2C1)[C@H](C(=O)O)[C@@H]3C. The maximum absolute atomic E-state index is 14.1. The number of nitrogens with one attached hydrogen (secondary N) is 1. The zero-order chi connectivity index (χ0) is 31.8. The number of nitrogens with zero attached hydrogens (tertiary/aromatic N) is 4. The van der Waals surface area contributed by atoms with Gasteiger partial charge in [-0.25, -0.2) is 19.6 Å². The highest BCUT2D eigenvalue weighted by molar-refractivity contribution is 5.90. The molecule has 2 aromatic rings. The molecule has 2 N–H and O–H groups in total. The molecule has 1 saturated heterocycles. The number of benzene rings is 1. The number of alkyl carbamates (subject to hydrolysis) is 1. The van der Waals surface area contributed by atoms with Crippen molar-refractivity contribution in [3.8, 4) is 11.9 Å². The van der Waals surface area contributed by atoms with Gasteiger partial charge in [0.25, 0.3) is 0 Å². The standard InChI is InChI=1S/C33H43N5O6/c1-18-13-21-9-7-6-8-10-23-29(36-24-15-20(16-34)11-12-22(24)35-23)43-26-17-38(27(19(26)2)31(40)41)30(39)28(33(3,4)5)37-32(42)44-25(21)14-18/h11-12,15,18-19,21,25-28H,6-10,13-14,17H2,1-5H3,(H,37,42)(H,40,41)/t18-,19-,21-,25-,26+,27+,28-/m1/s1. The van der Waals surface area contributed by atoms with E-state index in [1.807, 2.05) is 20.8 Å². The molecule has 2 amide bonds. The number of carboxylic acid groups (broad SMARTS) is 1. The Morgan fingerprint density at radius 2 is 1.84 bits per heavy atom. The molecule has 1 saturated carbocycles. The Labute approximate surface area is 258 Å². The summed E-state index contributed by atoms with van der Waals surface area (Å²) in [6.45, 7) is 9.41. The lowest BCUT2D eigenvalue weighted by molar-refractivity contribution is -0.151. The minimum atomic E-state index is -1.17. The molecule has 1 aromatic heterocycles. The lowest BCUT2D eigenvalue weighted by atomic mass is 9.85. The Kier molecular flexibility index (Phi) is 9.00. The molecule has 2 bridgehead atoms. The summed E-state index contributed by atoms with van der Waals surface area (Å²) in [4.78, 5) is 50.8. The van der Waals surface area contributed by atoms with Crippen LogP contribution in [0.4, 0.5) is 4.79 Å². The predicted molar refractivity (Wildman–Crippen MR) is 162 cm³/mol. The number of ether oxygens (including phenoxy) is 2. The van der Waals surface area contributed by atoms with Crippen molar-refractivity contribution in [2.24, 2.45) is 23.2 Å². The molecule has 1 aromatic carbocycles. The van der Waals surface area contributed by atoms with Crippen LogP contribution < -0.4 is 10.1 Å². The van der Waals surface area contributed by atoms with Crippen LogP contribution in [0.15, 0.2) is 18.2 Å². The largest absolute Gasteiger partial charge is 0.480 e. The first kappa shape index (κ1) is 31.5. The molecular formula is C33H43N5O6. The number of aryl methyl sites for hydroxylation is 1. The third-order valence-corrected chi connectivity index (χ3v) is 9.41. The van der Waals surface area contributed by atoms with Gasteiger partial charge >= 0.3 is 12.1 Å². The van der Waals surface area contributed by atoms with Gasteiger partial charge in [-0.2, -0.15) is 5.26 Å². The summed E-state index contributed by atoms with van der Waals surface area (Å²) in [5.74, 6) is -1.26. The topological polar surface area (TPSA) is 155 Å². The van der Waals surface area contributed by atoms with Crippen LogP contribution in [0.2, 0.25) is 0 Å². The summed E-state index contributed by atoms with van der Waals surface area (Å²) in [6.07, 6.45) is 4.50. The molecule has 1 aliphatic carbocycles. The molecule has 5 rings (SSSR count). The second kappa shape index (κ2) is 12.6. The van der Waals surface area contributed by atoms with Crippen LogP contribution in [0.25, 0.3) is 11.0 Å². The first-order valence-corrected chi connectivity index (χ1v) is 15.7. The Bertz CT molecular complexity index is 1470. The molecule has 0 unspecified atom stereocenters. The van der Waals surface area contributed by atoms with Gasteiger partial charge in [-0.1, -0.05) is 47.5 Å². The van der Waals surface area contributed by atoms with Gasteiger partial charge in [0.05, 0.1) is 29.2 Å². The highest BCUT2D eigenvalue weighted by Crippen LogP contribution is 2.37. The first-order valence-electron chi connectivity index (χ1n) is 15.7. The zero-order valence-corrected chi connectivity index (χ0v) is 26.2. The van der Waals surface area contributed by atoms with E-state index in [1.54, 1.807) is 25.1 Å². The normalized spacial score (nSPS) is 30.2. The van der Waals surface area contributed by atoms with Gasteiger partial charge in [-0.05, 0) is 67.6 Å². The first-order chi connectivity index (χ1) is 20.8. The lowest BCUT2D eigenvalue weighted by Gasteiger charge is -2.35. The molecule has 44 heavy (non-hydrogen) atoms. The smallest absolute Gasteiger partial charge is 0.408 e. The van der Waals surface area contributed by atoms with Crippen molar-refractivity contribution in [3.05, 3.63) is 29.5 Å². The number of hydrogen-bond donors (Lipinski definition) is 2. The second-order valence-corrected chi connectivity index (χ2v) is 13.9. The fourth-order valence-electron chi connectivity index (χ4n) is 7.02. The van der Waals surface area contributed by atoms with Crippen LogP contribution in [0, 0.1) is 34.5 Å². The van der Waals surface area contributed by atoms with E-state index >= 15 is 0 Å². The highest BCUT2D eigenvalue weighted by atomic mass is 16.6. The minimum Gasteiger partial charge on any atom is -0.480 e. The minimum absolute atomic E-state index is 0.000119. The number of aliphatic carboxylic acids is 1. The second-order valence-electron chi connectivity index (χ2n) is 13.9. The third-order valence-electron chi connectivity index (χ3n) is 9.41. The van der Waals surface area contributed by atoms with Crippen LogP contribution in [-0.2, 0) is 20.7 Å². The molecule has 3 heterocycles.